The monoisotopic (exact) mass is 249 g/mol. The van der Waals surface area contributed by atoms with Crippen LogP contribution in [0.2, 0.25) is 0 Å². The molecule has 4 N–H and O–H groups in total. The Kier molecular flexibility index (Phi) is 2.87. The first-order valence-corrected chi connectivity index (χ1v) is 7.03. The predicted octanol–water partition coefficient (Wildman–Crippen LogP) is 0.149. The summed E-state index contributed by atoms with van der Waals surface area (Å²) >= 11 is 0. The van der Waals surface area contributed by atoms with Crippen molar-refractivity contribution < 1.29 is 24.3 Å². The van der Waals surface area contributed by atoms with E-state index in [4.69, 9.17) is 0 Å². The Morgan fingerprint density at radius 3 is 2.62 bits per heavy atom. The van der Waals surface area contributed by atoms with E-state index >= 15 is 0 Å². The third-order valence-electron chi connectivity index (χ3n) is 3.89. The quantitative estimate of drug-likeness (QED) is 0.519. The van der Waals surface area contributed by atoms with Gasteiger partial charge in [0.25, 0.3) is 0 Å². The summed E-state index contributed by atoms with van der Waals surface area (Å²) in [6, 6.07) is -0.584. The van der Waals surface area contributed by atoms with Gasteiger partial charge in [-0.05, 0) is 31.7 Å². The largest absolute Gasteiger partial charge is 0.480 e. The van der Waals surface area contributed by atoms with Crippen LogP contribution in [0.15, 0.2) is 0 Å². The third kappa shape index (κ3) is 1.52. The number of carboxylic acid groups (broad SMARTS) is 1. The Labute approximate surface area is 93.2 Å². The molecule has 2 fully saturated rings. The molecule has 7 heteroatoms. The van der Waals surface area contributed by atoms with Gasteiger partial charge in [0.15, 0.2) is 5.16 Å². The van der Waals surface area contributed by atoms with Crippen molar-refractivity contribution >= 4 is 13.6 Å². The molecule has 2 rings (SSSR count). The summed E-state index contributed by atoms with van der Waals surface area (Å²) < 4.78 is 11.6. The van der Waals surface area contributed by atoms with Gasteiger partial charge in [-0.3, -0.25) is 9.36 Å². The van der Waals surface area contributed by atoms with Gasteiger partial charge < -0.3 is 20.2 Å². The van der Waals surface area contributed by atoms with E-state index in [-0.39, 0.29) is 12.3 Å². The lowest BCUT2D eigenvalue weighted by atomic mass is 9.77. The van der Waals surface area contributed by atoms with Crippen molar-refractivity contribution in [2.24, 2.45) is 5.92 Å². The van der Waals surface area contributed by atoms with Crippen molar-refractivity contribution in [1.82, 2.24) is 5.32 Å². The van der Waals surface area contributed by atoms with E-state index in [1.54, 1.807) is 0 Å². The molecule has 0 radical (unpaired) electrons. The molecule has 0 aromatic heterocycles. The van der Waals surface area contributed by atoms with Gasteiger partial charge in [0.2, 0.25) is 0 Å². The second kappa shape index (κ2) is 3.81. The maximum absolute atomic E-state index is 11.6. The molecular weight excluding hydrogens is 233 g/mol. The fraction of sp³-hybridized carbons (Fsp3) is 0.889. The smallest absolute Gasteiger partial charge is 0.344 e. The van der Waals surface area contributed by atoms with Gasteiger partial charge in [-0.15, -0.1) is 0 Å². The fourth-order valence-corrected chi connectivity index (χ4v) is 4.47. The molecule has 1 saturated carbocycles. The Balaban J connectivity index is 2.45. The molecule has 0 spiro atoms. The average Bonchev–Trinajstić information content (AvgIpc) is 2.62. The van der Waals surface area contributed by atoms with Crippen LogP contribution < -0.4 is 5.32 Å². The maximum Gasteiger partial charge on any atom is 0.344 e. The number of hydrogen-bond donors (Lipinski definition) is 4. The van der Waals surface area contributed by atoms with Crippen LogP contribution in [0.1, 0.15) is 25.7 Å². The van der Waals surface area contributed by atoms with E-state index in [0.717, 1.165) is 12.8 Å². The topological polar surface area (TPSA) is 107 Å². The minimum Gasteiger partial charge on any atom is -0.480 e. The van der Waals surface area contributed by atoms with E-state index in [9.17, 15) is 24.3 Å². The molecule has 3 unspecified atom stereocenters. The number of hydrogen-bond acceptors (Lipinski definition) is 3. The third-order valence-corrected chi connectivity index (χ3v) is 5.62. The summed E-state index contributed by atoms with van der Waals surface area (Å²) in [5, 5.41) is 10.3. The Morgan fingerprint density at radius 2 is 2.06 bits per heavy atom. The number of fused-ring (bicyclic) bond motifs is 1. The van der Waals surface area contributed by atoms with Crippen molar-refractivity contribution in [3.05, 3.63) is 0 Å². The van der Waals surface area contributed by atoms with Gasteiger partial charge in [0, 0.05) is 6.04 Å². The molecule has 0 aromatic carbocycles. The molecule has 0 bridgehead atoms. The molecule has 3 atom stereocenters. The first kappa shape index (κ1) is 12.0. The minimum atomic E-state index is -4.66. The summed E-state index contributed by atoms with van der Waals surface area (Å²) in [7, 11) is -4.66. The van der Waals surface area contributed by atoms with Gasteiger partial charge >= 0.3 is 13.6 Å². The summed E-state index contributed by atoms with van der Waals surface area (Å²) in [5.41, 5.74) is 0. The van der Waals surface area contributed by atoms with E-state index in [1.165, 1.54) is 0 Å². The minimum absolute atomic E-state index is 0.0563. The highest BCUT2D eigenvalue weighted by Crippen LogP contribution is 2.59. The number of rotatable bonds is 2. The van der Waals surface area contributed by atoms with Crippen molar-refractivity contribution in [1.29, 1.82) is 0 Å². The standard InChI is InChI=1S/C9H16NO5P/c11-8(12)9(16(13,14)15)4-1-2-6-3-5-10-7(6)9/h6-7,10H,1-5H2,(H,11,12)(H2,13,14,15). The molecule has 0 aromatic rings. The van der Waals surface area contributed by atoms with Crippen LogP contribution in [0.4, 0.5) is 0 Å². The lowest BCUT2D eigenvalue weighted by Crippen LogP contribution is -2.57. The molecule has 16 heavy (non-hydrogen) atoms. The molecule has 92 valence electrons. The lowest BCUT2D eigenvalue weighted by molar-refractivity contribution is -0.143. The summed E-state index contributed by atoms with van der Waals surface area (Å²) in [4.78, 5) is 30.1. The van der Waals surface area contributed by atoms with Crippen molar-refractivity contribution in [3.8, 4) is 0 Å². The number of carbonyl (C=O) groups is 1. The highest BCUT2D eigenvalue weighted by molar-refractivity contribution is 7.54. The van der Waals surface area contributed by atoms with Crippen LogP contribution in [0.3, 0.4) is 0 Å². The maximum atomic E-state index is 11.6. The average molecular weight is 249 g/mol. The molecule has 1 saturated heterocycles. The van der Waals surface area contributed by atoms with Crippen LogP contribution in [-0.2, 0) is 9.36 Å². The molecule has 1 aliphatic carbocycles. The number of nitrogens with one attached hydrogen (secondary N) is 1. The van der Waals surface area contributed by atoms with Gasteiger partial charge in [0.1, 0.15) is 0 Å². The molecular formula is C9H16NO5P. The number of aliphatic carboxylic acids is 1. The first-order chi connectivity index (χ1) is 7.39. The van der Waals surface area contributed by atoms with Crippen LogP contribution >= 0.6 is 7.60 Å². The molecule has 1 aliphatic heterocycles. The molecule has 1 heterocycles. The van der Waals surface area contributed by atoms with E-state index in [2.05, 4.69) is 5.32 Å². The number of carboxylic acids is 1. The van der Waals surface area contributed by atoms with E-state index < -0.39 is 24.8 Å². The zero-order valence-electron chi connectivity index (χ0n) is 8.80. The van der Waals surface area contributed by atoms with Crippen LogP contribution in [0.25, 0.3) is 0 Å². The Hall–Kier alpha value is -0.420. The zero-order chi connectivity index (χ0) is 12.0. The van der Waals surface area contributed by atoms with Gasteiger partial charge in [-0.2, -0.15) is 0 Å². The summed E-state index contributed by atoms with van der Waals surface area (Å²) in [6.07, 6.45) is 2.29. The highest BCUT2D eigenvalue weighted by atomic mass is 31.2. The van der Waals surface area contributed by atoms with Gasteiger partial charge in [0.05, 0.1) is 0 Å². The van der Waals surface area contributed by atoms with Gasteiger partial charge in [-0.25, -0.2) is 0 Å². The fourth-order valence-electron chi connectivity index (χ4n) is 3.11. The van der Waals surface area contributed by atoms with Crippen molar-refractivity contribution in [3.63, 3.8) is 0 Å². The van der Waals surface area contributed by atoms with Crippen LogP contribution in [0.5, 0.6) is 0 Å². The highest BCUT2D eigenvalue weighted by Gasteiger charge is 2.63. The second-order valence-corrected chi connectivity index (χ2v) is 6.53. The van der Waals surface area contributed by atoms with Crippen molar-refractivity contribution in [2.45, 2.75) is 36.9 Å². The Bertz CT molecular complexity index is 354. The molecule has 6 nitrogen and oxygen atoms in total. The molecule has 0 amide bonds. The summed E-state index contributed by atoms with van der Waals surface area (Å²) in [6.45, 7) is 0.643. The zero-order valence-corrected chi connectivity index (χ0v) is 9.69. The molecule has 2 aliphatic rings. The SMILES string of the molecule is O=C(O)C1(P(=O)(O)O)CCCC2CCNC21. The Morgan fingerprint density at radius 1 is 1.38 bits per heavy atom. The lowest BCUT2D eigenvalue weighted by Gasteiger charge is -2.42. The van der Waals surface area contributed by atoms with Gasteiger partial charge in [-0.1, -0.05) is 6.42 Å². The normalized spacial score (nSPS) is 39.4. The predicted molar refractivity (Wildman–Crippen MR) is 56.2 cm³/mol. The van der Waals surface area contributed by atoms with E-state index in [0.29, 0.717) is 13.0 Å². The first-order valence-electron chi connectivity index (χ1n) is 5.42. The van der Waals surface area contributed by atoms with Crippen LogP contribution in [0, 0.1) is 5.92 Å². The summed E-state index contributed by atoms with van der Waals surface area (Å²) in [5.74, 6) is -1.29. The van der Waals surface area contributed by atoms with E-state index in [1.807, 2.05) is 0 Å². The second-order valence-electron chi connectivity index (χ2n) is 4.65. The van der Waals surface area contributed by atoms with Crippen molar-refractivity contribution in [2.75, 3.05) is 6.54 Å². The van der Waals surface area contributed by atoms with Crippen LogP contribution in [-0.4, -0.2) is 38.6 Å².